The second kappa shape index (κ2) is 4.09. The second-order valence-corrected chi connectivity index (χ2v) is 4.23. The van der Waals surface area contributed by atoms with Crippen LogP contribution in [0.5, 0.6) is 5.75 Å². The molecule has 0 unspecified atom stereocenters. The van der Waals surface area contributed by atoms with Crippen LogP contribution in [0.25, 0.3) is 0 Å². The number of benzene rings is 1. The maximum atomic E-state index is 12.8. The standard InChI is InChI=1S/C12H11F3N2O/c1-18-9-3-2-8(7-16)10(6-9)17-11(4-5-11)12(13,14)15/h2-3,6,17H,4-5H2,1H3. The zero-order chi connectivity index (χ0) is 13.4. The summed E-state index contributed by atoms with van der Waals surface area (Å²) in [5.74, 6) is 0.412. The Morgan fingerprint density at radius 2 is 2.06 bits per heavy atom. The Hall–Kier alpha value is -1.90. The molecule has 96 valence electrons. The van der Waals surface area contributed by atoms with E-state index in [1.807, 2.05) is 6.07 Å². The van der Waals surface area contributed by atoms with Gasteiger partial charge in [0.25, 0.3) is 0 Å². The van der Waals surface area contributed by atoms with E-state index in [0.717, 1.165) is 0 Å². The van der Waals surface area contributed by atoms with Crippen molar-refractivity contribution in [1.82, 2.24) is 0 Å². The highest BCUT2D eigenvalue weighted by Gasteiger charge is 2.63. The minimum absolute atomic E-state index is 0.0264. The quantitative estimate of drug-likeness (QED) is 0.903. The molecule has 1 N–H and O–H groups in total. The summed E-state index contributed by atoms with van der Waals surface area (Å²) in [6.45, 7) is 0. The van der Waals surface area contributed by atoms with Gasteiger partial charge in [-0.05, 0) is 25.0 Å². The highest BCUT2D eigenvalue weighted by Crippen LogP contribution is 2.51. The maximum absolute atomic E-state index is 12.8. The molecule has 0 bridgehead atoms. The molecule has 0 heterocycles. The molecule has 0 aliphatic heterocycles. The Bertz CT molecular complexity index is 501. The molecule has 0 spiro atoms. The molecule has 18 heavy (non-hydrogen) atoms. The minimum atomic E-state index is -4.32. The van der Waals surface area contributed by atoms with Gasteiger partial charge < -0.3 is 10.1 Å². The van der Waals surface area contributed by atoms with Crippen molar-refractivity contribution >= 4 is 5.69 Å². The first-order valence-corrected chi connectivity index (χ1v) is 5.35. The molecule has 1 aliphatic rings. The van der Waals surface area contributed by atoms with Crippen LogP contribution >= 0.6 is 0 Å². The van der Waals surface area contributed by atoms with E-state index in [1.165, 1.54) is 25.3 Å². The van der Waals surface area contributed by atoms with Crippen LogP contribution in [-0.2, 0) is 0 Å². The number of nitrogens with zero attached hydrogens (tertiary/aromatic N) is 1. The molecular weight excluding hydrogens is 245 g/mol. The largest absolute Gasteiger partial charge is 0.497 e. The number of alkyl halides is 3. The fraction of sp³-hybridized carbons (Fsp3) is 0.417. The minimum Gasteiger partial charge on any atom is -0.497 e. The van der Waals surface area contributed by atoms with Gasteiger partial charge in [-0.1, -0.05) is 0 Å². The first kappa shape index (κ1) is 12.6. The molecule has 2 rings (SSSR count). The van der Waals surface area contributed by atoms with Crippen molar-refractivity contribution < 1.29 is 17.9 Å². The van der Waals surface area contributed by atoms with Crippen LogP contribution in [0.2, 0.25) is 0 Å². The molecule has 0 amide bonds. The summed E-state index contributed by atoms with van der Waals surface area (Å²) in [4.78, 5) is 0. The van der Waals surface area contributed by atoms with Gasteiger partial charge in [0.15, 0.2) is 0 Å². The molecular formula is C12H11F3N2O. The highest BCUT2D eigenvalue weighted by molar-refractivity contribution is 5.62. The van der Waals surface area contributed by atoms with E-state index >= 15 is 0 Å². The predicted molar refractivity (Wildman–Crippen MR) is 59.4 cm³/mol. The summed E-state index contributed by atoms with van der Waals surface area (Å²) in [6, 6.07) is 6.25. The van der Waals surface area contributed by atoms with Gasteiger partial charge in [-0.2, -0.15) is 18.4 Å². The van der Waals surface area contributed by atoms with E-state index < -0.39 is 11.7 Å². The summed E-state index contributed by atoms with van der Waals surface area (Å²) < 4.78 is 43.4. The summed E-state index contributed by atoms with van der Waals surface area (Å²) in [5, 5.41) is 11.3. The number of rotatable bonds is 3. The molecule has 0 saturated heterocycles. The smallest absolute Gasteiger partial charge is 0.411 e. The summed E-state index contributed by atoms with van der Waals surface area (Å²) in [6.07, 6.45) is -4.26. The zero-order valence-electron chi connectivity index (χ0n) is 9.64. The Morgan fingerprint density at radius 1 is 1.39 bits per heavy atom. The molecule has 0 atom stereocenters. The van der Waals surface area contributed by atoms with E-state index in [-0.39, 0.29) is 24.1 Å². The average molecular weight is 256 g/mol. The van der Waals surface area contributed by atoms with Gasteiger partial charge in [-0.15, -0.1) is 0 Å². The Balaban J connectivity index is 2.32. The van der Waals surface area contributed by atoms with Gasteiger partial charge >= 0.3 is 6.18 Å². The normalized spacial score (nSPS) is 16.8. The molecule has 1 saturated carbocycles. The number of nitrogens with one attached hydrogen (secondary N) is 1. The van der Waals surface area contributed by atoms with Crippen LogP contribution in [0.3, 0.4) is 0 Å². The lowest BCUT2D eigenvalue weighted by atomic mass is 10.1. The summed E-state index contributed by atoms with van der Waals surface area (Å²) in [5.41, 5.74) is -1.55. The molecule has 0 aromatic heterocycles. The molecule has 1 aromatic carbocycles. The number of ether oxygens (including phenoxy) is 1. The third-order valence-corrected chi connectivity index (χ3v) is 3.01. The van der Waals surface area contributed by atoms with Crippen molar-refractivity contribution in [2.24, 2.45) is 0 Å². The number of hydrogen-bond donors (Lipinski definition) is 1. The number of halogens is 3. The third-order valence-electron chi connectivity index (χ3n) is 3.01. The van der Waals surface area contributed by atoms with Crippen molar-refractivity contribution in [3.63, 3.8) is 0 Å². The van der Waals surface area contributed by atoms with Crippen LogP contribution in [0.1, 0.15) is 18.4 Å². The van der Waals surface area contributed by atoms with Crippen molar-refractivity contribution in [1.29, 1.82) is 5.26 Å². The van der Waals surface area contributed by atoms with Crippen LogP contribution in [-0.4, -0.2) is 18.8 Å². The lowest BCUT2D eigenvalue weighted by molar-refractivity contribution is -0.151. The van der Waals surface area contributed by atoms with Gasteiger partial charge in [0.05, 0.1) is 18.4 Å². The van der Waals surface area contributed by atoms with E-state index in [4.69, 9.17) is 10.00 Å². The topological polar surface area (TPSA) is 45.0 Å². The first-order chi connectivity index (χ1) is 8.42. The summed E-state index contributed by atoms with van der Waals surface area (Å²) >= 11 is 0. The highest BCUT2D eigenvalue weighted by atomic mass is 19.4. The molecule has 1 fully saturated rings. The van der Waals surface area contributed by atoms with E-state index in [2.05, 4.69) is 5.32 Å². The fourth-order valence-electron chi connectivity index (χ4n) is 1.71. The SMILES string of the molecule is COc1ccc(C#N)c(NC2(C(F)(F)F)CC2)c1. The summed E-state index contributed by atoms with van der Waals surface area (Å²) in [7, 11) is 1.42. The van der Waals surface area contributed by atoms with Crippen molar-refractivity contribution in [3.8, 4) is 11.8 Å². The van der Waals surface area contributed by atoms with Crippen LogP contribution in [0.15, 0.2) is 18.2 Å². The van der Waals surface area contributed by atoms with Crippen LogP contribution < -0.4 is 10.1 Å². The lowest BCUT2D eigenvalue weighted by Crippen LogP contribution is -2.38. The van der Waals surface area contributed by atoms with Crippen molar-refractivity contribution in [2.75, 3.05) is 12.4 Å². The molecule has 6 heteroatoms. The van der Waals surface area contributed by atoms with Gasteiger partial charge in [0.1, 0.15) is 17.4 Å². The monoisotopic (exact) mass is 256 g/mol. The van der Waals surface area contributed by atoms with E-state index in [0.29, 0.717) is 5.75 Å². The number of nitriles is 1. The second-order valence-electron chi connectivity index (χ2n) is 4.23. The van der Waals surface area contributed by atoms with E-state index in [1.54, 1.807) is 0 Å². The van der Waals surface area contributed by atoms with Crippen molar-refractivity contribution in [2.45, 2.75) is 24.6 Å². The number of anilines is 1. The molecule has 3 nitrogen and oxygen atoms in total. The fourth-order valence-corrected chi connectivity index (χ4v) is 1.71. The molecule has 1 aromatic rings. The zero-order valence-corrected chi connectivity index (χ0v) is 9.64. The van der Waals surface area contributed by atoms with Crippen molar-refractivity contribution in [3.05, 3.63) is 23.8 Å². The Kier molecular flexibility index (Phi) is 2.85. The van der Waals surface area contributed by atoms with Crippen LogP contribution in [0, 0.1) is 11.3 Å². The number of methoxy groups -OCH3 is 1. The third kappa shape index (κ3) is 2.08. The van der Waals surface area contributed by atoms with E-state index in [9.17, 15) is 13.2 Å². The molecule has 0 radical (unpaired) electrons. The van der Waals surface area contributed by atoms with Gasteiger partial charge in [0, 0.05) is 6.07 Å². The van der Waals surface area contributed by atoms with Gasteiger partial charge in [0.2, 0.25) is 0 Å². The van der Waals surface area contributed by atoms with Gasteiger partial charge in [-0.25, -0.2) is 0 Å². The molecule has 1 aliphatic carbocycles. The Labute approximate surface area is 102 Å². The van der Waals surface area contributed by atoms with Crippen LogP contribution in [0.4, 0.5) is 18.9 Å². The van der Waals surface area contributed by atoms with Gasteiger partial charge in [-0.3, -0.25) is 0 Å². The lowest BCUT2D eigenvalue weighted by Gasteiger charge is -2.22. The number of hydrogen-bond acceptors (Lipinski definition) is 3. The predicted octanol–water partition coefficient (Wildman–Crippen LogP) is 3.07. The maximum Gasteiger partial charge on any atom is 0.411 e. The Morgan fingerprint density at radius 3 is 2.50 bits per heavy atom. The average Bonchev–Trinajstić information content (AvgIpc) is 3.09. The first-order valence-electron chi connectivity index (χ1n) is 5.35.